The second-order valence-electron chi connectivity index (χ2n) is 3.87. The number of benzene rings is 1. The fourth-order valence-electron chi connectivity index (χ4n) is 1.80. The summed E-state index contributed by atoms with van der Waals surface area (Å²) in [4.78, 5) is 0. The molecule has 0 saturated carbocycles. The van der Waals surface area contributed by atoms with E-state index in [0.29, 0.717) is 24.7 Å². The van der Waals surface area contributed by atoms with Crippen molar-refractivity contribution >= 4 is 25.0 Å². The quantitative estimate of drug-likeness (QED) is 0.682. The zero-order valence-electron chi connectivity index (χ0n) is 10.2. The molecule has 1 aliphatic heterocycles. The second-order valence-corrected chi connectivity index (χ2v) is 6.49. The lowest BCUT2D eigenvalue weighted by atomic mass is 10.2. The van der Waals surface area contributed by atoms with Crippen molar-refractivity contribution in [2.75, 3.05) is 26.0 Å². The molecule has 0 radical (unpaired) electrons. The highest BCUT2D eigenvalue weighted by molar-refractivity contribution is 7.54. The first kappa shape index (κ1) is 13.6. The molecular formula is C12H16ClN2O2P. The Kier molecular flexibility index (Phi) is 4.46. The van der Waals surface area contributed by atoms with Crippen molar-refractivity contribution in [3.05, 3.63) is 42.0 Å². The molecule has 0 spiro atoms. The molecule has 2 rings (SSSR count). The lowest BCUT2D eigenvalue weighted by molar-refractivity contribution is 0.340. The van der Waals surface area contributed by atoms with Gasteiger partial charge in [-0.1, -0.05) is 30.3 Å². The summed E-state index contributed by atoms with van der Waals surface area (Å²) in [5.41, 5.74) is 0.929. The molecule has 1 N–H and O–H groups in total. The average molecular weight is 287 g/mol. The SMILES string of the molecule is CN[P@]1(=O)OC(c2ccccc2)=CCN1CCCl. The minimum absolute atomic E-state index is 0.420. The van der Waals surface area contributed by atoms with Crippen molar-refractivity contribution in [3.63, 3.8) is 0 Å². The van der Waals surface area contributed by atoms with E-state index >= 15 is 0 Å². The van der Waals surface area contributed by atoms with Crippen molar-refractivity contribution in [2.24, 2.45) is 0 Å². The highest BCUT2D eigenvalue weighted by Crippen LogP contribution is 2.52. The summed E-state index contributed by atoms with van der Waals surface area (Å²) in [6.07, 6.45) is 1.93. The molecule has 6 heteroatoms. The van der Waals surface area contributed by atoms with Crippen LogP contribution in [0.2, 0.25) is 0 Å². The molecule has 0 aromatic heterocycles. The van der Waals surface area contributed by atoms with Gasteiger partial charge in [0.1, 0.15) is 5.76 Å². The van der Waals surface area contributed by atoms with Crippen LogP contribution in [-0.2, 0) is 9.09 Å². The highest BCUT2D eigenvalue weighted by atomic mass is 35.5. The Labute approximate surface area is 112 Å². The number of halogens is 1. The lowest BCUT2D eigenvalue weighted by Crippen LogP contribution is -2.32. The molecule has 1 aliphatic rings. The molecular weight excluding hydrogens is 271 g/mol. The molecule has 0 amide bonds. The Bertz CT molecular complexity index is 478. The largest absolute Gasteiger partial charge is 0.422 e. The number of rotatable bonds is 4. The van der Waals surface area contributed by atoms with E-state index in [1.807, 2.05) is 36.4 Å². The van der Waals surface area contributed by atoms with Gasteiger partial charge in [-0.15, -0.1) is 11.6 Å². The minimum Gasteiger partial charge on any atom is -0.422 e. The number of alkyl halides is 1. The van der Waals surface area contributed by atoms with Crippen molar-refractivity contribution in [2.45, 2.75) is 0 Å². The van der Waals surface area contributed by atoms with Crippen LogP contribution in [0.5, 0.6) is 0 Å². The van der Waals surface area contributed by atoms with E-state index in [1.165, 1.54) is 0 Å². The summed E-state index contributed by atoms with van der Waals surface area (Å²) in [5.74, 6) is 1.07. The predicted molar refractivity (Wildman–Crippen MR) is 74.5 cm³/mol. The molecule has 4 nitrogen and oxygen atoms in total. The third kappa shape index (κ3) is 2.78. The van der Waals surface area contributed by atoms with Gasteiger partial charge in [-0.2, -0.15) is 0 Å². The summed E-state index contributed by atoms with van der Waals surface area (Å²) >= 11 is 5.71. The van der Waals surface area contributed by atoms with Gasteiger partial charge in [0.2, 0.25) is 0 Å². The van der Waals surface area contributed by atoms with Crippen LogP contribution in [0.15, 0.2) is 36.4 Å². The van der Waals surface area contributed by atoms with Gasteiger partial charge in [0.25, 0.3) is 0 Å². The molecule has 0 bridgehead atoms. The normalized spacial score (nSPS) is 24.4. The zero-order valence-corrected chi connectivity index (χ0v) is 11.8. The summed E-state index contributed by atoms with van der Waals surface area (Å²) < 4.78 is 20.0. The molecule has 1 aromatic carbocycles. The summed E-state index contributed by atoms with van der Waals surface area (Å²) in [5, 5.41) is 2.77. The Morgan fingerprint density at radius 3 is 2.78 bits per heavy atom. The van der Waals surface area contributed by atoms with Gasteiger partial charge < -0.3 is 4.52 Å². The first-order valence-corrected chi connectivity index (χ1v) is 7.86. The average Bonchev–Trinajstić information content (AvgIpc) is 2.42. The molecule has 18 heavy (non-hydrogen) atoms. The van der Waals surface area contributed by atoms with Crippen LogP contribution < -0.4 is 5.09 Å². The summed E-state index contributed by atoms with van der Waals surface area (Å²) in [6, 6.07) is 9.65. The first-order valence-electron chi connectivity index (χ1n) is 5.75. The Morgan fingerprint density at radius 1 is 1.44 bits per heavy atom. The van der Waals surface area contributed by atoms with Gasteiger partial charge in [-0.25, -0.2) is 14.3 Å². The minimum atomic E-state index is -3.01. The van der Waals surface area contributed by atoms with Crippen molar-refractivity contribution in [1.82, 2.24) is 9.76 Å². The smallest absolute Gasteiger partial charge is 0.393 e. The summed E-state index contributed by atoms with van der Waals surface area (Å²) in [7, 11) is -1.38. The molecule has 0 aliphatic carbocycles. The first-order chi connectivity index (χ1) is 8.69. The maximum atomic E-state index is 12.6. The Hall–Kier alpha value is -0.800. The fraction of sp³-hybridized carbons (Fsp3) is 0.333. The van der Waals surface area contributed by atoms with Crippen LogP contribution in [0.3, 0.4) is 0 Å². The summed E-state index contributed by atoms with van der Waals surface area (Å²) in [6.45, 7) is 1.09. The predicted octanol–water partition coefficient (Wildman–Crippen LogP) is 2.93. The van der Waals surface area contributed by atoms with Gasteiger partial charge in [-0.3, -0.25) is 0 Å². The fourth-order valence-corrected chi connectivity index (χ4v) is 3.72. The highest BCUT2D eigenvalue weighted by Gasteiger charge is 2.35. The number of hydrogen-bond donors (Lipinski definition) is 1. The molecule has 0 fully saturated rings. The van der Waals surface area contributed by atoms with Crippen LogP contribution >= 0.6 is 19.3 Å². The van der Waals surface area contributed by atoms with Gasteiger partial charge in [0, 0.05) is 24.5 Å². The standard InChI is InChI=1S/C12H16ClN2O2P/c1-14-18(16)15(10-8-13)9-7-12(17-18)11-5-3-2-4-6-11/h2-7H,8-10H2,1H3,(H,14,16)/t18-/m0/s1. The third-order valence-electron chi connectivity index (χ3n) is 2.77. The van der Waals surface area contributed by atoms with E-state index in [9.17, 15) is 4.57 Å². The third-order valence-corrected chi connectivity index (χ3v) is 5.05. The Balaban J connectivity index is 2.25. The van der Waals surface area contributed by atoms with Crippen LogP contribution in [0, 0.1) is 0 Å². The van der Waals surface area contributed by atoms with Crippen molar-refractivity contribution < 1.29 is 9.09 Å². The number of hydrogen-bond acceptors (Lipinski definition) is 2. The molecule has 1 heterocycles. The van der Waals surface area contributed by atoms with E-state index < -0.39 is 7.67 Å². The van der Waals surface area contributed by atoms with Gasteiger partial charge >= 0.3 is 7.67 Å². The second kappa shape index (κ2) is 5.89. The molecule has 0 saturated heterocycles. The molecule has 1 atom stereocenters. The maximum absolute atomic E-state index is 12.6. The van der Waals surface area contributed by atoms with Crippen LogP contribution in [0.4, 0.5) is 0 Å². The van der Waals surface area contributed by atoms with E-state index in [4.69, 9.17) is 16.1 Å². The van der Waals surface area contributed by atoms with Crippen molar-refractivity contribution in [3.8, 4) is 0 Å². The van der Waals surface area contributed by atoms with Crippen LogP contribution in [-0.4, -0.2) is 30.7 Å². The van der Waals surface area contributed by atoms with Crippen LogP contribution in [0.1, 0.15) is 5.56 Å². The molecule has 98 valence electrons. The van der Waals surface area contributed by atoms with E-state index in [1.54, 1.807) is 11.7 Å². The van der Waals surface area contributed by atoms with Gasteiger partial charge in [-0.05, 0) is 13.1 Å². The maximum Gasteiger partial charge on any atom is 0.393 e. The van der Waals surface area contributed by atoms with E-state index in [0.717, 1.165) is 5.56 Å². The molecule has 1 aromatic rings. The van der Waals surface area contributed by atoms with Crippen molar-refractivity contribution in [1.29, 1.82) is 0 Å². The topological polar surface area (TPSA) is 41.6 Å². The lowest BCUT2D eigenvalue weighted by Gasteiger charge is -2.33. The van der Waals surface area contributed by atoms with Gasteiger partial charge in [0.05, 0.1) is 0 Å². The van der Waals surface area contributed by atoms with E-state index in [-0.39, 0.29) is 0 Å². The number of nitrogens with zero attached hydrogens (tertiary/aromatic N) is 1. The monoisotopic (exact) mass is 286 g/mol. The van der Waals surface area contributed by atoms with E-state index in [2.05, 4.69) is 5.09 Å². The zero-order chi connectivity index (χ0) is 13.0. The van der Waals surface area contributed by atoms with Gasteiger partial charge in [0.15, 0.2) is 0 Å². The van der Waals surface area contributed by atoms with Crippen LogP contribution in [0.25, 0.3) is 5.76 Å². The number of nitrogens with one attached hydrogen (secondary N) is 1. The molecule has 0 unspecified atom stereocenters. The Morgan fingerprint density at radius 2 is 2.17 bits per heavy atom.